The van der Waals surface area contributed by atoms with Gasteiger partial charge in [-0.15, -0.1) is 0 Å². The highest BCUT2D eigenvalue weighted by Gasteiger charge is 2.28. The lowest BCUT2D eigenvalue weighted by molar-refractivity contribution is 0.214. The van der Waals surface area contributed by atoms with Gasteiger partial charge in [0.25, 0.3) is 0 Å². The van der Waals surface area contributed by atoms with Gasteiger partial charge in [-0.05, 0) is 6.07 Å². The van der Waals surface area contributed by atoms with Crippen LogP contribution in [0.3, 0.4) is 0 Å². The molecule has 1 rings (SSSR count). The van der Waals surface area contributed by atoms with E-state index in [0.717, 1.165) is 0 Å². The van der Waals surface area contributed by atoms with Crippen molar-refractivity contribution in [2.45, 2.75) is 19.3 Å². The summed E-state index contributed by atoms with van der Waals surface area (Å²) in [4.78, 5) is 0. The van der Waals surface area contributed by atoms with Crippen LogP contribution in [0, 0.1) is 5.82 Å². The number of hydrogen-bond acceptors (Lipinski definition) is 3. The molecule has 0 saturated carbocycles. The monoisotopic (exact) mass is 262 g/mol. The normalized spacial score (nSPS) is 11.5. The van der Waals surface area contributed by atoms with Gasteiger partial charge in [-0.3, -0.25) is 0 Å². The highest BCUT2D eigenvalue weighted by Crippen LogP contribution is 2.41. The maximum absolute atomic E-state index is 14.1. The molecule has 0 aliphatic carbocycles. The van der Waals surface area contributed by atoms with E-state index in [1.807, 2.05) is 0 Å². The molecule has 0 atom stereocenters. The van der Waals surface area contributed by atoms with Gasteiger partial charge in [0, 0.05) is 11.0 Å². The van der Waals surface area contributed by atoms with Crippen molar-refractivity contribution in [1.29, 1.82) is 0 Å². The summed E-state index contributed by atoms with van der Waals surface area (Å²) in [6.07, 6.45) is 0. The standard InChI is InChI=1S/C12H16ClFO3/c1-12(2,6-15)7-5-8(16-3)11(17-4)9(13)10(7)14/h5,15H,6H2,1-4H3. The summed E-state index contributed by atoms with van der Waals surface area (Å²) < 4.78 is 24.2. The van der Waals surface area contributed by atoms with Gasteiger partial charge in [0.2, 0.25) is 0 Å². The van der Waals surface area contributed by atoms with Crippen LogP contribution in [0.25, 0.3) is 0 Å². The average Bonchev–Trinajstić information content (AvgIpc) is 2.31. The van der Waals surface area contributed by atoms with Crippen molar-refractivity contribution in [1.82, 2.24) is 0 Å². The van der Waals surface area contributed by atoms with Crippen molar-refractivity contribution in [3.05, 3.63) is 22.5 Å². The summed E-state index contributed by atoms with van der Waals surface area (Å²) in [6, 6.07) is 1.50. The molecule has 3 nitrogen and oxygen atoms in total. The highest BCUT2D eigenvalue weighted by atomic mass is 35.5. The summed E-state index contributed by atoms with van der Waals surface area (Å²) in [7, 11) is 2.84. The lowest BCUT2D eigenvalue weighted by atomic mass is 9.85. The molecule has 0 bridgehead atoms. The minimum Gasteiger partial charge on any atom is -0.493 e. The van der Waals surface area contributed by atoms with Crippen LogP contribution >= 0.6 is 11.6 Å². The van der Waals surface area contributed by atoms with Crippen molar-refractivity contribution in [3.8, 4) is 11.5 Å². The lowest BCUT2D eigenvalue weighted by Crippen LogP contribution is -2.24. The van der Waals surface area contributed by atoms with Gasteiger partial charge in [0.05, 0.1) is 20.8 Å². The number of aliphatic hydroxyl groups is 1. The first kappa shape index (κ1) is 14.1. The molecule has 0 amide bonds. The molecule has 17 heavy (non-hydrogen) atoms. The van der Waals surface area contributed by atoms with Crippen molar-refractivity contribution >= 4 is 11.6 Å². The number of ether oxygens (including phenoxy) is 2. The molecule has 0 unspecified atom stereocenters. The number of rotatable bonds is 4. The maximum atomic E-state index is 14.1. The number of aliphatic hydroxyl groups excluding tert-OH is 1. The van der Waals surface area contributed by atoms with Gasteiger partial charge in [-0.2, -0.15) is 0 Å². The lowest BCUT2D eigenvalue weighted by Gasteiger charge is -2.24. The topological polar surface area (TPSA) is 38.7 Å². The molecule has 96 valence electrons. The summed E-state index contributed by atoms with van der Waals surface area (Å²) in [6.45, 7) is 3.23. The highest BCUT2D eigenvalue weighted by molar-refractivity contribution is 6.32. The smallest absolute Gasteiger partial charge is 0.182 e. The van der Waals surface area contributed by atoms with Gasteiger partial charge in [-0.1, -0.05) is 25.4 Å². The summed E-state index contributed by atoms with van der Waals surface area (Å²) >= 11 is 5.88. The quantitative estimate of drug-likeness (QED) is 0.907. The largest absolute Gasteiger partial charge is 0.493 e. The van der Waals surface area contributed by atoms with E-state index in [1.165, 1.54) is 20.3 Å². The van der Waals surface area contributed by atoms with Crippen LogP contribution in [0.4, 0.5) is 4.39 Å². The van der Waals surface area contributed by atoms with Crippen LogP contribution in [0.5, 0.6) is 11.5 Å². The van der Waals surface area contributed by atoms with Crippen molar-refractivity contribution in [3.63, 3.8) is 0 Å². The van der Waals surface area contributed by atoms with Gasteiger partial charge in [0.15, 0.2) is 11.5 Å². The van der Waals surface area contributed by atoms with Crippen LogP contribution in [-0.2, 0) is 5.41 Å². The fourth-order valence-electron chi connectivity index (χ4n) is 1.51. The van der Waals surface area contributed by atoms with E-state index in [2.05, 4.69) is 0 Å². The molecule has 0 radical (unpaired) electrons. The molecular formula is C12H16ClFO3. The van der Waals surface area contributed by atoms with E-state index < -0.39 is 11.2 Å². The molecule has 0 aliphatic rings. The van der Waals surface area contributed by atoms with Crippen LogP contribution < -0.4 is 9.47 Å². The van der Waals surface area contributed by atoms with Crippen LogP contribution in [0.2, 0.25) is 5.02 Å². The van der Waals surface area contributed by atoms with E-state index in [0.29, 0.717) is 11.3 Å². The molecule has 0 saturated heterocycles. The Kier molecular flexibility index (Phi) is 4.22. The van der Waals surface area contributed by atoms with E-state index in [4.69, 9.17) is 21.1 Å². The Morgan fingerprint density at radius 2 is 1.94 bits per heavy atom. The number of benzene rings is 1. The van der Waals surface area contributed by atoms with Crippen molar-refractivity contribution in [2.24, 2.45) is 0 Å². The maximum Gasteiger partial charge on any atom is 0.182 e. The minimum absolute atomic E-state index is 0.136. The van der Waals surface area contributed by atoms with Crippen LogP contribution in [-0.4, -0.2) is 25.9 Å². The molecule has 5 heteroatoms. The predicted molar refractivity (Wildman–Crippen MR) is 64.6 cm³/mol. The van der Waals surface area contributed by atoms with E-state index in [1.54, 1.807) is 13.8 Å². The molecule has 1 N–H and O–H groups in total. The van der Waals surface area contributed by atoms with Crippen LogP contribution in [0.15, 0.2) is 6.07 Å². The van der Waals surface area contributed by atoms with E-state index in [9.17, 15) is 9.50 Å². The zero-order valence-electron chi connectivity index (χ0n) is 10.3. The number of halogens is 2. The molecule has 0 heterocycles. The van der Waals surface area contributed by atoms with Crippen molar-refractivity contribution < 1.29 is 19.0 Å². The predicted octanol–water partition coefficient (Wildman–Crippen LogP) is 2.77. The summed E-state index contributed by atoms with van der Waals surface area (Å²) in [5.74, 6) is -0.0945. The third kappa shape index (κ3) is 2.48. The van der Waals surface area contributed by atoms with Gasteiger partial charge >= 0.3 is 0 Å². The third-order valence-electron chi connectivity index (χ3n) is 2.68. The molecule has 0 fully saturated rings. The van der Waals surface area contributed by atoms with E-state index in [-0.39, 0.29) is 17.4 Å². The SMILES string of the molecule is COc1cc(C(C)(C)CO)c(F)c(Cl)c1OC. The zero-order chi connectivity index (χ0) is 13.2. The Balaban J connectivity index is 3.50. The third-order valence-corrected chi connectivity index (χ3v) is 3.01. The molecular weight excluding hydrogens is 247 g/mol. The van der Waals surface area contributed by atoms with Crippen molar-refractivity contribution in [2.75, 3.05) is 20.8 Å². The Morgan fingerprint density at radius 1 is 1.35 bits per heavy atom. The fourth-order valence-corrected chi connectivity index (χ4v) is 1.78. The molecule has 0 aromatic heterocycles. The number of methoxy groups -OCH3 is 2. The van der Waals surface area contributed by atoms with E-state index >= 15 is 0 Å². The second-order valence-corrected chi connectivity index (χ2v) is 4.71. The Hall–Kier alpha value is -1.00. The second-order valence-electron chi connectivity index (χ2n) is 4.33. The summed E-state index contributed by atoms with van der Waals surface area (Å²) in [5.41, 5.74) is -0.449. The average molecular weight is 263 g/mol. The second kappa shape index (κ2) is 5.10. The molecule has 1 aromatic rings. The molecule has 0 aliphatic heterocycles. The molecule has 0 spiro atoms. The number of hydrogen-bond donors (Lipinski definition) is 1. The first-order valence-corrected chi connectivity index (χ1v) is 5.48. The first-order valence-electron chi connectivity index (χ1n) is 5.10. The van der Waals surface area contributed by atoms with Gasteiger partial charge in [-0.25, -0.2) is 4.39 Å². The Labute approximate surface area is 105 Å². The van der Waals surface area contributed by atoms with Gasteiger partial charge in [0.1, 0.15) is 10.8 Å². The van der Waals surface area contributed by atoms with Gasteiger partial charge < -0.3 is 14.6 Å². The minimum atomic E-state index is -0.743. The Morgan fingerprint density at radius 3 is 2.35 bits per heavy atom. The summed E-state index contributed by atoms with van der Waals surface area (Å²) in [5, 5.41) is 9.14. The fraction of sp³-hybridized carbons (Fsp3) is 0.500. The zero-order valence-corrected chi connectivity index (χ0v) is 11.1. The molecule has 1 aromatic carbocycles. The first-order chi connectivity index (χ1) is 7.88. The Bertz CT molecular complexity index is 419. The van der Waals surface area contributed by atoms with Crippen LogP contribution in [0.1, 0.15) is 19.4 Å².